The summed E-state index contributed by atoms with van der Waals surface area (Å²) in [5.41, 5.74) is 3.92. The Labute approximate surface area is 111 Å². The van der Waals surface area contributed by atoms with E-state index in [0.29, 0.717) is 5.92 Å². The van der Waals surface area contributed by atoms with E-state index in [9.17, 15) is 5.11 Å². The zero-order valence-electron chi connectivity index (χ0n) is 11.9. The molecule has 1 nitrogen and oxygen atoms in total. The Morgan fingerprint density at radius 1 is 1.28 bits per heavy atom. The molecule has 1 saturated carbocycles. The molecule has 1 N–H and O–H groups in total. The van der Waals surface area contributed by atoms with Crippen molar-refractivity contribution in [3.05, 3.63) is 34.9 Å². The van der Waals surface area contributed by atoms with Crippen molar-refractivity contribution in [2.24, 2.45) is 11.8 Å². The highest BCUT2D eigenvalue weighted by Crippen LogP contribution is 2.35. The van der Waals surface area contributed by atoms with Gasteiger partial charge in [-0.3, -0.25) is 0 Å². The van der Waals surface area contributed by atoms with Crippen LogP contribution in [0.5, 0.6) is 0 Å². The van der Waals surface area contributed by atoms with Crippen molar-refractivity contribution in [2.75, 3.05) is 0 Å². The van der Waals surface area contributed by atoms with Crippen molar-refractivity contribution >= 4 is 0 Å². The van der Waals surface area contributed by atoms with E-state index in [4.69, 9.17) is 0 Å². The lowest BCUT2D eigenvalue weighted by molar-refractivity contribution is 0.108. The maximum Gasteiger partial charge on any atom is 0.0608 e. The molecule has 1 aromatic carbocycles. The minimum absolute atomic E-state index is 0.151. The Bertz CT molecular complexity index is 397. The van der Waals surface area contributed by atoms with Crippen LogP contribution in [0, 0.1) is 25.7 Å². The highest BCUT2D eigenvalue weighted by atomic mass is 16.3. The van der Waals surface area contributed by atoms with Crippen LogP contribution in [0.4, 0.5) is 0 Å². The van der Waals surface area contributed by atoms with Crippen molar-refractivity contribution in [3.63, 3.8) is 0 Å². The van der Waals surface area contributed by atoms with E-state index in [1.807, 2.05) is 0 Å². The average molecular weight is 246 g/mol. The first-order chi connectivity index (χ1) is 8.60. The second-order valence-corrected chi connectivity index (χ2v) is 6.05. The van der Waals surface area contributed by atoms with Gasteiger partial charge in [-0.1, -0.05) is 43.5 Å². The average Bonchev–Trinajstić information content (AvgIpc) is 2.82. The van der Waals surface area contributed by atoms with Crippen LogP contribution >= 0.6 is 0 Å². The summed E-state index contributed by atoms with van der Waals surface area (Å²) in [5, 5.41) is 10.4. The van der Waals surface area contributed by atoms with E-state index < -0.39 is 0 Å². The summed E-state index contributed by atoms with van der Waals surface area (Å²) >= 11 is 0. The number of aryl methyl sites for hydroxylation is 2. The lowest BCUT2D eigenvalue weighted by atomic mass is 9.91. The monoisotopic (exact) mass is 246 g/mol. The summed E-state index contributed by atoms with van der Waals surface area (Å²) in [6.45, 7) is 6.53. The molecule has 3 atom stereocenters. The number of aliphatic hydroxyl groups excluding tert-OH is 1. The van der Waals surface area contributed by atoms with Crippen LogP contribution in [0.2, 0.25) is 0 Å². The fourth-order valence-electron chi connectivity index (χ4n) is 3.25. The highest BCUT2D eigenvalue weighted by molar-refractivity contribution is 5.31. The quantitative estimate of drug-likeness (QED) is 0.850. The number of aliphatic hydroxyl groups is 1. The molecule has 0 amide bonds. The molecule has 1 heteroatoms. The van der Waals surface area contributed by atoms with Crippen LogP contribution in [0.15, 0.2) is 18.2 Å². The summed E-state index contributed by atoms with van der Waals surface area (Å²) in [5.74, 6) is 1.37. The maximum absolute atomic E-state index is 10.4. The molecule has 0 bridgehead atoms. The Balaban J connectivity index is 1.98. The molecule has 1 aliphatic rings. The minimum Gasteiger partial charge on any atom is -0.392 e. The van der Waals surface area contributed by atoms with Gasteiger partial charge < -0.3 is 5.11 Å². The molecular weight excluding hydrogens is 220 g/mol. The molecule has 0 aromatic heterocycles. The molecule has 0 spiro atoms. The van der Waals surface area contributed by atoms with Crippen molar-refractivity contribution in [1.82, 2.24) is 0 Å². The van der Waals surface area contributed by atoms with Crippen molar-refractivity contribution < 1.29 is 5.11 Å². The second-order valence-electron chi connectivity index (χ2n) is 6.05. The van der Waals surface area contributed by atoms with E-state index in [2.05, 4.69) is 39.0 Å². The molecule has 0 aliphatic heterocycles. The van der Waals surface area contributed by atoms with Crippen LogP contribution in [-0.4, -0.2) is 11.2 Å². The second kappa shape index (κ2) is 5.88. The zero-order chi connectivity index (χ0) is 13.1. The van der Waals surface area contributed by atoms with Crippen molar-refractivity contribution in [2.45, 2.75) is 59.0 Å². The first-order valence-electron chi connectivity index (χ1n) is 7.34. The molecule has 0 saturated heterocycles. The molecule has 2 rings (SSSR count). The number of rotatable bonds is 4. The highest BCUT2D eigenvalue weighted by Gasteiger charge is 2.29. The van der Waals surface area contributed by atoms with Gasteiger partial charge in [-0.25, -0.2) is 0 Å². The predicted molar refractivity (Wildman–Crippen MR) is 76.7 cm³/mol. The molecule has 1 fully saturated rings. The fraction of sp³-hybridized carbons (Fsp3) is 0.647. The molecule has 1 aliphatic carbocycles. The first kappa shape index (κ1) is 13.6. The largest absolute Gasteiger partial charge is 0.392 e. The maximum atomic E-state index is 10.4. The Hall–Kier alpha value is -0.820. The third-order valence-electron chi connectivity index (χ3n) is 4.64. The van der Waals surface area contributed by atoms with Gasteiger partial charge in [-0.15, -0.1) is 0 Å². The molecular formula is C17H26O. The van der Waals surface area contributed by atoms with E-state index in [-0.39, 0.29) is 6.10 Å². The molecule has 0 heterocycles. The third-order valence-corrected chi connectivity index (χ3v) is 4.64. The van der Waals surface area contributed by atoms with Gasteiger partial charge >= 0.3 is 0 Å². The fourth-order valence-corrected chi connectivity index (χ4v) is 3.25. The van der Waals surface area contributed by atoms with Crippen LogP contribution in [0.1, 0.15) is 49.3 Å². The lowest BCUT2D eigenvalue weighted by Crippen LogP contribution is -2.21. The number of hydrogen-bond donors (Lipinski definition) is 1. The number of benzene rings is 1. The van der Waals surface area contributed by atoms with Crippen LogP contribution in [0.25, 0.3) is 0 Å². The molecule has 0 radical (unpaired) electrons. The van der Waals surface area contributed by atoms with Gasteiger partial charge in [0.05, 0.1) is 6.10 Å². The van der Waals surface area contributed by atoms with E-state index in [1.54, 1.807) is 0 Å². The molecule has 1 aromatic rings. The predicted octanol–water partition coefficient (Wildman–Crippen LogP) is 4.03. The van der Waals surface area contributed by atoms with Crippen LogP contribution < -0.4 is 0 Å². The topological polar surface area (TPSA) is 20.2 Å². The smallest absolute Gasteiger partial charge is 0.0608 e. The van der Waals surface area contributed by atoms with Gasteiger partial charge in [0.2, 0.25) is 0 Å². The Morgan fingerprint density at radius 2 is 2.06 bits per heavy atom. The summed E-state index contributed by atoms with van der Waals surface area (Å²) in [4.78, 5) is 0. The normalized spacial score (nSPS) is 25.3. The molecule has 3 unspecified atom stereocenters. The van der Waals surface area contributed by atoms with Crippen molar-refractivity contribution in [3.8, 4) is 0 Å². The zero-order valence-corrected chi connectivity index (χ0v) is 11.9. The first-order valence-corrected chi connectivity index (χ1v) is 7.34. The van der Waals surface area contributed by atoms with Crippen molar-refractivity contribution in [1.29, 1.82) is 0 Å². The van der Waals surface area contributed by atoms with Crippen LogP contribution in [0.3, 0.4) is 0 Å². The third kappa shape index (κ3) is 3.14. The number of hydrogen-bond acceptors (Lipinski definition) is 1. The Kier molecular flexibility index (Phi) is 4.45. The molecule has 100 valence electrons. The van der Waals surface area contributed by atoms with Gasteiger partial charge in [0, 0.05) is 0 Å². The van der Waals surface area contributed by atoms with Gasteiger partial charge in [0.1, 0.15) is 0 Å². The van der Waals surface area contributed by atoms with Gasteiger partial charge in [-0.2, -0.15) is 0 Å². The SMILES string of the molecule is CCC1CCC(C(O)Cc2cc(C)ccc2C)C1. The lowest BCUT2D eigenvalue weighted by Gasteiger charge is -2.19. The Morgan fingerprint density at radius 3 is 2.72 bits per heavy atom. The summed E-state index contributed by atoms with van der Waals surface area (Å²) in [7, 11) is 0. The standard InChI is InChI=1S/C17H26O/c1-4-14-7-8-15(10-14)17(18)11-16-9-12(2)5-6-13(16)3/h5-6,9,14-15,17-18H,4,7-8,10-11H2,1-3H3. The van der Waals surface area contributed by atoms with Crippen LogP contribution in [-0.2, 0) is 6.42 Å². The minimum atomic E-state index is -0.151. The van der Waals surface area contributed by atoms with E-state index >= 15 is 0 Å². The summed E-state index contributed by atoms with van der Waals surface area (Å²) in [6, 6.07) is 6.54. The summed E-state index contributed by atoms with van der Waals surface area (Å²) < 4.78 is 0. The van der Waals surface area contributed by atoms with E-state index in [1.165, 1.54) is 42.4 Å². The van der Waals surface area contributed by atoms with Gasteiger partial charge in [-0.05, 0) is 56.1 Å². The summed E-state index contributed by atoms with van der Waals surface area (Å²) in [6.07, 6.45) is 5.70. The van der Waals surface area contributed by atoms with Gasteiger partial charge in [0.15, 0.2) is 0 Å². The molecule has 18 heavy (non-hydrogen) atoms. The van der Waals surface area contributed by atoms with E-state index in [0.717, 1.165) is 12.3 Å². The van der Waals surface area contributed by atoms with Gasteiger partial charge in [0.25, 0.3) is 0 Å².